The number of aryl methyl sites for hydroxylation is 1. The van der Waals surface area contributed by atoms with Gasteiger partial charge in [0.05, 0.1) is 10.6 Å². The van der Waals surface area contributed by atoms with Crippen molar-refractivity contribution in [2.24, 2.45) is 5.92 Å². The molecule has 2 rings (SSSR count). The van der Waals surface area contributed by atoms with Crippen LogP contribution in [0.25, 0.3) is 0 Å². The van der Waals surface area contributed by atoms with Gasteiger partial charge in [0, 0.05) is 19.0 Å². The Bertz CT molecular complexity index is 437. The maximum atomic E-state index is 11.9. The van der Waals surface area contributed by atoms with Gasteiger partial charge in [0.15, 0.2) is 10.9 Å². The fourth-order valence-corrected chi connectivity index (χ4v) is 3.50. The Morgan fingerprint density at radius 3 is 2.56 bits per heavy atom. The van der Waals surface area contributed by atoms with Crippen LogP contribution in [0, 0.1) is 5.92 Å². The number of anilines is 1. The lowest BCUT2D eigenvalue weighted by Gasteiger charge is -2.27. The van der Waals surface area contributed by atoms with E-state index in [0.29, 0.717) is 18.4 Å². The zero-order valence-electron chi connectivity index (χ0n) is 11.7. The summed E-state index contributed by atoms with van der Waals surface area (Å²) in [6.45, 7) is 9.80. The van der Waals surface area contributed by atoms with Crippen LogP contribution in [0.4, 0.5) is 5.13 Å². The molecule has 18 heavy (non-hydrogen) atoms. The number of Topliss-reactive ketones (excluding diaryl/α,β-unsaturated/α-hetero) is 1. The predicted molar refractivity (Wildman–Crippen MR) is 76.7 cm³/mol. The molecule has 0 bridgehead atoms. The molecule has 4 heteroatoms. The summed E-state index contributed by atoms with van der Waals surface area (Å²) in [5.74, 6) is 0.886. The summed E-state index contributed by atoms with van der Waals surface area (Å²) in [6.07, 6.45) is 2.62. The van der Waals surface area contributed by atoms with Crippen molar-refractivity contribution < 1.29 is 4.79 Å². The van der Waals surface area contributed by atoms with Gasteiger partial charge < -0.3 is 4.90 Å². The first-order valence-electron chi connectivity index (χ1n) is 6.78. The second-order valence-electron chi connectivity index (χ2n) is 5.69. The van der Waals surface area contributed by atoms with Crippen LogP contribution in [0.5, 0.6) is 0 Å². The highest BCUT2D eigenvalue weighted by Crippen LogP contribution is 2.32. The van der Waals surface area contributed by atoms with Crippen molar-refractivity contribution in [2.75, 3.05) is 11.4 Å². The van der Waals surface area contributed by atoms with Gasteiger partial charge in [-0.15, -0.1) is 0 Å². The predicted octanol–water partition coefficient (Wildman–Crippen LogP) is 3.53. The number of rotatable bonds is 4. The van der Waals surface area contributed by atoms with Crippen molar-refractivity contribution >= 4 is 22.3 Å². The molecule has 1 aliphatic carbocycles. The molecule has 0 N–H and O–H groups in total. The minimum absolute atomic E-state index is 0.285. The lowest BCUT2D eigenvalue weighted by Crippen LogP contribution is -2.34. The average molecular weight is 266 g/mol. The Morgan fingerprint density at radius 1 is 1.28 bits per heavy atom. The molecular formula is C14H22N2OS. The number of ketones is 1. The molecule has 1 aromatic rings. The molecule has 0 saturated carbocycles. The van der Waals surface area contributed by atoms with Crippen molar-refractivity contribution in [3.05, 3.63) is 10.6 Å². The van der Waals surface area contributed by atoms with Crippen LogP contribution in [0.15, 0.2) is 0 Å². The van der Waals surface area contributed by atoms with E-state index in [-0.39, 0.29) is 5.78 Å². The Balaban J connectivity index is 2.28. The van der Waals surface area contributed by atoms with Crippen molar-refractivity contribution in [3.63, 3.8) is 0 Å². The van der Waals surface area contributed by atoms with Crippen molar-refractivity contribution in [2.45, 2.75) is 53.0 Å². The number of hydrogen-bond acceptors (Lipinski definition) is 4. The summed E-state index contributed by atoms with van der Waals surface area (Å²) in [5, 5.41) is 1.03. The Morgan fingerprint density at radius 2 is 2.00 bits per heavy atom. The van der Waals surface area contributed by atoms with E-state index in [4.69, 9.17) is 4.98 Å². The van der Waals surface area contributed by atoms with Crippen molar-refractivity contribution in [1.29, 1.82) is 0 Å². The van der Waals surface area contributed by atoms with Gasteiger partial charge in [-0.2, -0.15) is 0 Å². The van der Waals surface area contributed by atoms with Crippen LogP contribution in [0.3, 0.4) is 0 Å². The normalized spacial score (nSPS) is 15.3. The summed E-state index contributed by atoms with van der Waals surface area (Å²) in [7, 11) is 0. The zero-order chi connectivity index (χ0) is 13.3. The first kappa shape index (κ1) is 13.5. The van der Waals surface area contributed by atoms with Gasteiger partial charge >= 0.3 is 0 Å². The van der Waals surface area contributed by atoms with E-state index in [1.165, 1.54) is 0 Å². The topological polar surface area (TPSA) is 33.2 Å². The van der Waals surface area contributed by atoms with Gasteiger partial charge in [-0.1, -0.05) is 25.2 Å². The monoisotopic (exact) mass is 266 g/mol. The average Bonchev–Trinajstić information content (AvgIpc) is 2.70. The SMILES string of the molecule is CC(C)CN(c1nc2c(s1)C(=O)CCC2)C(C)C. The maximum absolute atomic E-state index is 11.9. The summed E-state index contributed by atoms with van der Waals surface area (Å²) < 4.78 is 0. The molecule has 0 aliphatic heterocycles. The molecule has 0 spiro atoms. The smallest absolute Gasteiger partial charge is 0.186 e. The third kappa shape index (κ3) is 2.74. The lowest BCUT2D eigenvalue weighted by molar-refractivity contribution is 0.0976. The van der Waals surface area contributed by atoms with E-state index in [1.54, 1.807) is 11.3 Å². The van der Waals surface area contributed by atoms with E-state index in [0.717, 1.165) is 35.1 Å². The number of carbonyl (C=O) groups excluding carboxylic acids is 1. The summed E-state index contributed by atoms with van der Waals surface area (Å²) in [4.78, 5) is 19.8. The van der Waals surface area contributed by atoms with Gasteiger partial charge in [-0.05, 0) is 32.6 Å². The fraction of sp³-hybridized carbons (Fsp3) is 0.714. The van der Waals surface area contributed by atoms with Crippen LogP contribution < -0.4 is 4.90 Å². The molecule has 0 aromatic carbocycles. The highest BCUT2D eigenvalue weighted by Gasteiger charge is 2.25. The van der Waals surface area contributed by atoms with Gasteiger partial charge in [-0.3, -0.25) is 4.79 Å². The molecule has 0 unspecified atom stereocenters. The number of nitrogens with zero attached hydrogens (tertiary/aromatic N) is 2. The summed E-state index contributed by atoms with van der Waals surface area (Å²) in [5.41, 5.74) is 1.03. The molecule has 0 atom stereocenters. The standard InChI is InChI=1S/C14H22N2OS/c1-9(2)8-16(10(3)4)14-15-11-6-5-7-12(17)13(11)18-14/h9-10H,5-8H2,1-4H3. The molecule has 1 heterocycles. The van der Waals surface area contributed by atoms with Gasteiger partial charge in [0.2, 0.25) is 0 Å². The number of hydrogen-bond donors (Lipinski definition) is 0. The number of fused-ring (bicyclic) bond motifs is 1. The highest BCUT2D eigenvalue weighted by atomic mass is 32.1. The largest absolute Gasteiger partial charge is 0.345 e. The van der Waals surface area contributed by atoms with Gasteiger partial charge in [0.25, 0.3) is 0 Å². The first-order chi connectivity index (χ1) is 8.49. The zero-order valence-corrected chi connectivity index (χ0v) is 12.5. The molecule has 0 fully saturated rings. The molecule has 0 amide bonds. The van der Waals surface area contributed by atoms with Gasteiger partial charge in [-0.25, -0.2) is 4.98 Å². The van der Waals surface area contributed by atoms with Crippen LogP contribution in [-0.2, 0) is 6.42 Å². The van der Waals surface area contributed by atoms with Crippen LogP contribution in [0.1, 0.15) is 55.9 Å². The fourth-order valence-electron chi connectivity index (χ4n) is 2.28. The molecule has 1 aliphatic rings. The second kappa shape index (κ2) is 5.39. The molecular weight excluding hydrogens is 244 g/mol. The first-order valence-corrected chi connectivity index (χ1v) is 7.60. The van der Waals surface area contributed by atoms with Crippen LogP contribution in [0.2, 0.25) is 0 Å². The Kier molecular flexibility index (Phi) is 4.05. The minimum atomic E-state index is 0.285. The van der Waals surface area contributed by atoms with Crippen molar-refractivity contribution in [1.82, 2.24) is 4.98 Å². The van der Waals surface area contributed by atoms with E-state index in [1.807, 2.05) is 0 Å². The third-order valence-corrected chi connectivity index (χ3v) is 4.36. The number of thiazole rings is 1. The molecule has 1 aromatic heterocycles. The number of carbonyl (C=O) groups is 1. The molecule has 0 radical (unpaired) electrons. The maximum Gasteiger partial charge on any atom is 0.186 e. The Labute approximate surface area is 113 Å². The van der Waals surface area contributed by atoms with Crippen LogP contribution in [-0.4, -0.2) is 23.4 Å². The Hall–Kier alpha value is -0.900. The van der Waals surface area contributed by atoms with E-state index in [2.05, 4.69) is 32.6 Å². The number of aromatic nitrogens is 1. The molecule has 100 valence electrons. The quantitative estimate of drug-likeness (QED) is 0.836. The van der Waals surface area contributed by atoms with Crippen molar-refractivity contribution in [3.8, 4) is 0 Å². The minimum Gasteiger partial charge on any atom is -0.345 e. The van der Waals surface area contributed by atoms with Crippen LogP contribution >= 0.6 is 11.3 Å². The molecule has 3 nitrogen and oxygen atoms in total. The lowest BCUT2D eigenvalue weighted by atomic mass is 10.0. The van der Waals surface area contributed by atoms with E-state index in [9.17, 15) is 4.79 Å². The second-order valence-corrected chi connectivity index (χ2v) is 6.67. The highest BCUT2D eigenvalue weighted by molar-refractivity contribution is 7.17. The molecule has 0 saturated heterocycles. The summed E-state index contributed by atoms with van der Waals surface area (Å²) in [6, 6.07) is 0.426. The van der Waals surface area contributed by atoms with E-state index >= 15 is 0 Å². The van der Waals surface area contributed by atoms with E-state index < -0.39 is 0 Å². The van der Waals surface area contributed by atoms with Gasteiger partial charge in [0.1, 0.15) is 0 Å². The third-order valence-electron chi connectivity index (χ3n) is 3.19. The summed E-state index contributed by atoms with van der Waals surface area (Å²) >= 11 is 1.59.